The molecule has 0 saturated carbocycles. The first-order valence-electron chi connectivity index (χ1n) is 6.11. The van der Waals surface area contributed by atoms with Gasteiger partial charge < -0.3 is 5.73 Å². The van der Waals surface area contributed by atoms with Gasteiger partial charge in [0.25, 0.3) is 10.2 Å². The van der Waals surface area contributed by atoms with Crippen molar-refractivity contribution in [1.29, 1.82) is 0 Å². The van der Waals surface area contributed by atoms with Gasteiger partial charge in [-0.1, -0.05) is 23.7 Å². The molecule has 0 radical (unpaired) electrons. The molecular weight excluding hydrogens is 286 g/mol. The SMILES string of the molecule is NCC1(c2cccc(Cl)c2)CCN(S(N)(=O)=O)CC1. The highest BCUT2D eigenvalue weighted by molar-refractivity contribution is 7.86. The van der Waals surface area contributed by atoms with Crippen LogP contribution in [0, 0.1) is 0 Å². The molecule has 1 aromatic rings. The lowest BCUT2D eigenvalue weighted by Gasteiger charge is -2.40. The minimum Gasteiger partial charge on any atom is -0.330 e. The molecule has 0 unspecified atom stereocenters. The summed E-state index contributed by atoms with van der Waals surface area (Å²) in [4.78, 5) is 0. The molecular formula is C12H18ClN3O2S. The summed E-state index contributed by atoms with van der Waals surface area (Å²) >= 11 is 6.02. The van der Waals surface area contributed by atoms with Crippen LogP contribution in [0.1, 0.15) is 18.4 Å². The third kappa shape index (κ3) is 3.09. The van der Waals surface area contributed by atoms with E-state index in [0.717, 1.165) is 5.56 Å². The molecule has 106 valence electrons. The average molecular weight is 304 g/mol. The second kappa shape index (κ2) is 5.38. The molecule has 4 N–H and O–H groups in total. The number of nitrogens with zero attached hydrogens (tertiary/aromatic N) is 1. The van der Waals surface area contributed by atoms with Crippen LogP contribution in [0.3, 0.4) is 0 Å². The maximum atomic E-state index is 11.3. The lowest BCUT2D eigenvalue weighted by molar-refractivity contribution is 0.238. The molecule has 1 aromatic carbocycles. The molecule has 0 atom stereocenters. The monoisotopic (exact) mass is 303 g/mol. The number of piperidine rings is 1. The Hall–Kier alpha value is -0.660. The lowest BCUT2D eigenvalue weighted by atomic mass is 9.73. The molecule has 1 saturated heterocycles. The zero-order valence-electron chi connectivity index (χ0n) is 10.5. The van der Waals surface area contributed by atoms with E-state index < -0.39 is 10.2 Å². The van der Waals surface area contributed by atoms with Crippen molar-refractivity contribution in [3.05, 3.63) is 34.9 Å². The van der Waals surface area contributed by atoms with Crippen LogP contribution in [-0.2, 0) is 15.6 Å². The van der Waals surface area contributed by atoms with E-state index in [0.29, 0.717) is 37.5 Å². The molecule has 0 aliphatic carbocycles. The zero-order chi connectivity index (χ0) is 14.1. The Morgan fingerprint density at radius 1 is 1.32 bits per heavy atom. The fraction of sp³-hybridized carbons (Fsp3) is 0.500. The molecule has 0 bridgehead atoms. The Kier molecular flexibility index (Phi) is 4.17. The predicted molar refractivity (Wildman–Crippen MR) is 76.1 cm³/mol. The maximum Gasteiger partial charge on any atom is 0.276 e. The van der Waals surface area contributed by atoms with Crippen LogP contribution >= 0.6 is 11.6 Å². The van der Waals surface area contributed by atoms with Gasteiger partial charge in [0.1, 0.15) is 0 Å². The molecule has 0 spiro atoms. The summed E-state index contributed by atoms with van der Waals surface area (Å²) in [7, 11) is -3.61. The average Bonchev–Trinajstić information content (AvgIpc) is 2.38. The van der Waals surface area contributed by atoms with Crippen molar-refractivity contribution >= 4 is 21.8 Å². The maximum absolute atomic E-state index is 11.3. The standard InChI is InChI=1S/C12H18ClN3O2S/c13-11-3-1-2-10(8-11)12(9-14)4-6-16(7-5-12)19(15,17)18/h1-3,8H,4-7,9,14H2,(H2,15,17,18). The molecule has 2 rings (SSSR count). The molecule has 1 aliphatic heterocycles. The first-order chi connectivity index (χ1) is 8.87. The summed E-state index contributed by atoms with van der Waals surface area (Å²) in [5.41, 5.74) is 6.78. The Morgan fingerprint density at radius 2 is 1.95 bits per heavy atom. The smallest absolute Gasteiger partial charge is 0.276 e. The summed E-state index contributed by atoms with van der Waals surface area (Å²) in [5, 5.41) is 5.81. The van der Waals surface area contributed by atoms with Crippen molar-refractivity contribution in [2.45, 2.75) is 18.3 Å². The highest BCUT2D eigenvalue weighted by Gasteiger charge is 2.37. The summed E-state index contributed by atoms with van der Waals surface area (Å²) in [6.45, 7) is 1.25. The Labute approximate surface area is 118 Å². The van der Waals surface area contributed by atoms with E-state index in [-0.39, 0.29) is 5.41 Å². The largest absolute Gasteiger partial charge is 0.330 e. The Bertz CT molecular complexity index is 554. The van der Waals surface area contributed by atoms with Gasteiger partial charge in [-0.05, 0) is 30.5 Å². The highest BCUT2D eigenvalue weighted by atomic mass is 35.5. The van der Waals surface area contributed by atoms with E-state index in [9.17, 15) is 8.42 Å². The molecule has 1 fully saturated rings. The summed E-state index contributed by atoms with van der Waals surface area (Å²) in [5.74, 6) is 0. The van der Waals surface area contributed by atoms with Crippen molar-refractivity contribution in [3.8, 4) is 0 Å². The first-order valence-corrected chi connectivity index (χ1v) is 7.99. The van der Waals surface area contributed by atoms with E-state index in [4.69, 9.17) is 22.5 Å². The van der Waals surface area contributed by atoms with Crippen molar-refractivity contribution in [2.24, 2.45) is 10.9 Å². The van der Waals surface area contributed by atoms with Gasteiger partial charge in [0.15, 0.2) is 0 Å². The van der Waals surface area contributed by atoms with Crippen molar-refractivity contribution in [1.82, 2.24) is 4.31 Å². The minimum atomic E-state index is -3.61. The van der Waals surface area contributed by atoms with Gasteiger partial charge in [-0.15, -0.1) is 0 Å². The second-order valence-corrected chi connectivity index (χ2v) is 6.92. The van der Waals surface area contributed by atoms with Crippen molar-refractivity contribution in [3.63, 3.8) is 0 Å². The number of benzene rings is 1. The molecule has 1 heterocycles. The lowest BCUT2D eigenvalue weighted by Crippen LogP contribution is -2.50. The summed E-state index contributed by atoms with van der Waals surface area (Å²) < 4.78 is 24.0. The van der Waals surface area contributed by atoms with Gasteiger partial charge in [0, 0.05) is 30.1 Å². The van der Waals surface area contributed by atoms with E-state index in [1.54, 1.807) is 0 Å². The van der Waals surface area contributed by atoms with Crippen LogP contribution in [-0.4, -0.2) is 32.4 Å². The van der Waals surface area contributed by atoms with Gasteiger partial charge in [0.2, 0.25) is 0 Å². The van der Waals surface area contributed by atoms with Crippen LogP contribution < -0.4 is 10.9 Å². The van der Waals surface area contributed by atoms with Gasteiger partial charge in [-0.2, -0.15) is 12.7 Å². The normalized spacial score (nSPS) is 20.4. The van der Waals surface area contributed by atoms with E-state index in [1.165, 1.54) is 4.31 Å². The molecule has 0 aromatic heterocycles. The highest BCUT2D eigenvalue weighted by Crippen LogP contribution is 2.36. The third-order valence-corrected chi connectivity index (χ3v) is 5.19. The number of hydrogen-bond donors (Lipinski definition) is 2. The summed E-state index contributed by atoms with van der Waals surface area (Å²) in [6.07, 6.45) is 1.31. The molecule has 19 heavy (non-hydrogen) atoms. The number of rotatable bonds is 3. The van der Waals surface area contributed by atoms with Crippen LogP contribution in [0.4, 0.5) is 0 Å². The second-order valence-electron chi connectivity index (χ2n) is 4.94. The van der Waals surface area contributed by atoms with Crippen molar-refractivity contribution < 1.29 is 8.42 Å². The molecule has 0 amide bonds. The van der Waals surface area contributed by atoms with Gasteiger partial charge in [-0.3, -0.25) is 0 Å². The quantitative estimate of drug-likeness (QED) is 0.867. The van der Waals surface area contributed by atoms with Crippen LogP contribution in [0.15, 0.2) is 24.3 Å². The number of hydrogen-bond acceptors (Lipinski definition) is 3. The van der Waals surface area contributed by atoms with Gasteiger partial charge >= 0.3 is 0 Å². The Balaban J connectivity index is 2.23. The topological polar surface area (TPSA) is 89.4 Å². The fourth-order valence-corrected chi connectivity index (χ4v) is 3.48. The predicted octanol–water partition coefficient (Wildman–Crippen LogP) is 0.836. The van der Waals surface area contributed by atoms with Gasteiger partial charge in [0.05, 0.1) is 0 Å². The molecule has 5 nitrogen and oxygen atoms in total. The fourth-order valence-electron chi connectivity index (χ4n) is 2.60. The summed E-state index contributed by atoms with van der Waals surface area (Å²) in [6, 6.07) is 7.60. The van der Waals surface area contributed by atoms with Crippen LogP contribution in [0.25, 0.3) is 0 Å². The van der Waals surface area contributed by atoms with Crippen molar-refractivity contribution in [2.75, 3.05) is 19.6 Å². The van der Waals surface area contributed by atoms with E-state index in [1.807, 2.05) is 24.3 Å². The minimum absolute atomic E-state index is 0.216. The number of nitrogens with two attached hydrogens (primary N) is 2. The van der Waals surface area contributed by atoms with E-state index >= 15 is 0 Å². The molecule has 7 heteroatoms. The first kappa shape index (κ1) is 14.7. The van der Waals surface area contributed by atoms with Gasteiger partial charge in [-0.25, -0.2) is 5.14 Å². The third-order valence-electron chi connectivity index (χ3n) is 3.87. The Morgan fingerprint density at radius 3 is 2.42 bits per heavy atom. The number of halogens is 1. The van der Waals surface area contributed by atoms with E-state index in [2.05, 4.69) is 0 Å². The zero-order valence-corrected chi connectivity index (χ0v) is 12.1. The van der Waals surface area contributed by atoms with Crippen LogP contribution in [0.2, 0.25) is 5.02 Å². The molecule has 1 aliphatic rings. The van der Waals surface area contributed by atoms with Crippen LogP contribution in [0.5, 0.6) is 0 Å².